The molecule has 84 valence electrons. The maximum atomic E-state index is 9.38. The van der Waals surface area contributed by atoms with Crippen LogP contribution in [0.25, 0.3) is 0 Å². The Kier molecular flexibility index (Phi) is 3.93. The van der Waals surface area contributed by atoms with Crippen molar-refractivity contribution in [1.82, 2.24) is 10.2 Å². The summed E-state index contributed by atoms with van der Waals surface area (Å²) >= 11 is 0. The Morgan fingerprint density at radius 1 is 1.29 bits per heavy atom. The van der Waals surface area contributed by atoms with Gasteiger partial charge in [-0.25, -0.2) is 0 Å². The average molecular weight is 200 g/mol. The van der Waals surface area contributed by atoms with E-state index in [1.54, 1.807) is 0 Å². The van der Waals surface area contributed by atoms with E-state index < -0.39 is 0 Å². The van der Waals surface area contributed by atoms with E-state index in [0.29, 0.717) is 18.7 Å². The molecule has 1 rings (SSSR count). The van der Waals surface area contributed by atoms with Gasteiger partial charge in [0, 0.05) is 37.1 Å². The smallest absolute Gasteiger partial charge is 0.0524 e. The topological polar surface area (TPSA) is 35.5 Å². The largest absolute Gasteiger partial charge is 0.396 e. The van der Waals surface area contributed by atoms with Crippen molar-refractivity contribution in [3.05, 3.63) is 0 Å². The van der Waals surface area contributed by atoms with Gasteiger partial charge in [-0.15, -0.1) is 0 Å². The number of hydrogen-bond donors (Lipinski definition) is 2. The molecule has 14 heavy (non-hydrogen) atoms. The lowest BCUT2D eigenvalue weighted by Gasteiger charge is -2.51. The third-order valence-electron chi connectivity index (χ3n) is 3.03. The Morgan fingerprint density at radius 2 is 1.86 bits per heavy atom. The first-order valence-corrected chi connectivity index (χ1v) is 5.57. The Balaban J connectivity index is 2.33. The van der Waals surface area contributed by atoms with E-state index in [4.69, 9.17) is 0 Å². The lowest BCUT2D eigenvalue weighted by Crippen LogP contribution is -2.64. The summed E-state index contributed by atoms with van der Waals surface area (Å²) in [5, 5.41) is 12.8. The highest BCUT2D eigenvalue weighted by Crippen LogP contribution is 2.30. The Morgan fingerprint density at radius 3 is 2.21 bits per heavy atom. The van der Waals surface area contributed by atoms with E-state index in [-0.39, 0.29) is 5.41 Å². The molecule has 3 nitrogen and oxygen atoms in total. The summed E-state index contributed by atoms with van der Waals surface area (Å²) in [5.41, 5.74) is 0.120. The zero-order valence-corrected chi connectivity index (χ0v) is 9.88. The molecule has 0 radical (unpaired) electrons. The van der Waals surface area contributed by atoms with Crippen LogP contribution in [0, 0.1) is 5.41 Å². The van der Waals surface area contributed by atoms with Crippen molar-refractivity contribution in [2.45, 2.75) is 39.8 Å². The zero-order chi connectivity index (χ0) is 10.8. The second kappa shape index (κ2) is 4.60. The molecular weight excluding hydrogens is 176 g/mol. The predicted molar refractivity (Wildman–Crippen MR) is 59.4 cm³/mol. The molecular formula is C11H24N2O. The average Bonchev–Trinajstić information content (AvgIpc) is 2.02. The van der Waals surface area contributed by atoms with Gasteiger partial charge in [0.25, 0.3) is 0 Å². The standard InChI is InChI=1S/C11H24N2O/c1-9(2)12-5-11(8-14)6-13(7-11)10(3)4/h9-10,12,14H,5-8H2,1-4H3. The van der Waals surface area contributed by atoms with Crippen molar-refractivity contribution in [3.8, 4) is 0 Å². The first-order valence-electron chi connectivity index (χ1n) is 5.57. The van der Waals surface area contributed by atoms with E-state index in [2.05, 4.69) is 37.9 Å². The maximum absolute atomic E-state index is 9.38. The van der Waals surface area contributed by atoms with E-state index in [1.165, 1.54) is 0 Å². The van der Waals surface area contributed by atoms with Crippen LogP contribution >= 0.6 is 0 Å². The molecule has 0 aromatic rings. The van der Waals surface area contributed by atoms with Crippen LogP contribution in [0.5, 0.6) is 0 Å². The first kappa shape index (κ1) is 12.0. The summed E-state index contributed by atoms with van der Waals surface area (Å²) in [4.78, 5) is 2.40. The minimum atomic E-state index is 0.120. The fourth-order valence-corrected chi connectivity index (χ4v) is 1.87. The quantitative estimate of drug-likeness (QED) is 0.685. The van der Waals surface area contributed by atoms with Gasteiger partial charge in [0.15, 0.2) is 0 Å². The van der Waals surface area contributed by atoms with E-state index >= 15 is 0 Å². The molecule has 1 saturated heterocycles. The molecule has 0 amide bonds. The van der Waals surface area contributed by atoms with Crippen molar-refractivity contribution in [3.63, 3.8) is 0 Å². The van der Waals surface area contributed by atoms with Crippen LogP contribution < -0.4 is 5.32 Å². The van der Waals surface area contributed by atoms with Gasteiger partial charge in [-0.05, 0) is 13.8 Å². The normalized spacial score (nSPS) is 21.6. The fourth-order valence-electron chi connectivity index (χ4n) is 1.87. The number of nitrogens with one attached hydrogen (secondary N) is 1. The van der Waals surface area contributed by atoms with Crippen LogP contribution in [0.15, 0.2) is 0 Å². The highest BCUT2D eigenvalue weighted by molar-refractivity contribution is 4.97. The molecule has 0 aromatic heterocycles. The van der Waals surface area contributed by atoms with Crippen molar-refractivity contribution in [2.24, 2.45) is 5.41 Å². The molecule has 1 aliphatic heterocycles. The SMILES string of the molecule is CC(C)NCC1(CO)CN(C(C)C)C1. The van der Waals surface area contributed by atoms with Crippen molar-refractivity contribution >= 4 is 0 Å². The van der Waals surface area contributed by atoms with Gasteiger partial charge in [-0.1, -0.05) is 13.8 Å². The Hall–Kier alpha value is -0.120. The Bertz CT molecular complexity index is 169. The second-order valence-electron chi connectivity index (χ2n) is 5.19. The van der Waals surface area contributed by atoms with Gasteiger partial charge in [-0.2, -0.15) is 0 Å². The summed E-state index contributed by atoms with van der Waals surface area (Å²) in [6.45, 7) is 12.0. The molecule has 2 N–H and O–H groups in total. The van der Waals surface area contributed by atoms with Gasteiger partial charge in [0.05, 0.1) is 6.61 Å². The molecule has 0 aromatic carbocycles. The maximum Gasteiger partial charge on any atom is 0.0524 e. The first-order chi connectivity index (χ1) is 6.49. The summed E-state index contributed by atoms with van der Waals surface area (Å²) in [5.74, 6) is 0. The third kappa shape index (κ3) is 2.69. The van der Waals surface area contributed by atoms with Gasteiger partial charge in [0.2, 0.25) is 0 Å². The number of aliphatic hydroxyl groups excluding tert-OH is 1. The minimum absolute atomic E-state index is 0.120. The van der Waals surface area contributed by atoms with Gasteiger partial charge in [0.1, 0.15) is 0 Å². The second-order valence-corrected chi connectivity index (χ2v) is 5.19. The third-order valence-corrected chi connectivity index (χ3v) is 3.03. The molecule has 1 aliphatic rings. The van der Waals surface area contributed by atoms with Crippen LogP contribution in [0.3, 0.4) is 0 Å². The van der Waals surface area contributed by atoms with E-state index in [1.807, 2.05) is 0 Å². The minimum Gasteiger partial charge on any atom is -0.396 e. The molecule has 1 fully saturated rings. The lowest BCUT2D eigenvalue weighted by atomic mass is 9.79. The molecule has 1 heterocycles. The number of nitrogens with zero attached hydrogens (tertiary/aromatic N) is 1. The van der Waals surface area contributed by atoms with Crippen molar-refractivity contribution < 1.29 is 5.11 Å². The molecule has 0 saturated carbocycles. The number of aliphatic hydroxyl groups is 1. The van der Waals surface area contributed by atoms with Crippen LogP contribution in [0.2, 0.25) is 0 Å². The summed E-state index contributed by atoms with van der Waals surface area (Å²) in [6, 6.07) is 1.11. The highest BCUT2D eigenvalue weighted by Gasteiger charge is 2.42. The number of likely N-dealkylation sites (tertiary alicyclic amines) is 1. The van der Waals surface area contributed by atoms with Gasteiger partial charge in [-0.3, -0.25) is 4.90 Å². The van der Waals surface area contributed by atoms with Crippen LogP contribution in [-0.2, 0) is 0 Å². The monoisotopic (exact) mass is 200 g/mol. The molecule has 0 unspecified atom stereocenters. The molecule has 0 atom stereocenters. The van der Waals surface area contributed by atoms with E-state index in [0.717, 1.165) is 19.6 Å². The van der Waals surface area contributed by atoms with E-state index in [9.17, 15) is 5.11 Å². The molecule has 0 bridgehead atoms. The van der Waals surface area contributed by atoms with Crippen molar-refractivity contribution in [2.75, 3.05) is 26.2 Å². The Labute approximate surface area is 87.5 Å². The zero-order valence-electron chi connectivity index (χ0n) is 9.88. The summed E-state index contributed by atoms with van der Waals surface area (Å²) in [7, 11) is 0. The highest BCUT2D eigenvalue weighted by atomic mass is 16.3. The number of hydrogen-bond acceptors (Lipinski definition) is 3. The summed E-state index contributed by atoms with van der Waals surface area (Å²) in [6.07, 6.45) is 0. The number of rotatable bonds is 5. The van der Waals surface area contributed by atoms with Gasteiger partial charge >= 0.3 is 0 Å². The summed E-state index contributed by atoms with van der Waals surface area (Å²) < 4.78 is 0. The molecule has 0 spiro atoms. The van der Waals surface area contributed by atoms with Gasteiger partial charge < -0.3 is 10.4 Å². The molecule has 0 aliphatic carbocycles. The van der Waals surface area contributed by atoms with Crippen LogP contribution in [0.1, 0.15) is 27.7 Å². The molecule has 3 heteroatoms. The van der Waals surface area contributed by atoms with Crippen LogP contribution in [0.4, 0.5) is 0 Å². The van der Waals surface area contributed by atoms with Crippen LogP contribution in [-0.4, -0.2) is 48.3 Å². The lowest BCUT2D eigenvalue weighted by molar-refractivity contribution is -0.0568. The fraction of sp³-hybridized carbons (Fsp3) is 1.00. The predicted octanol–water partition coefficient (Wildman–Crippen LogP) is 0.687. The van der Waals surface area contributed by atoms with Crippen molar-refractivity contribution in [1.29, 1.82) is 0 Å².